The van der Waals surface area contributed by atoms with Crippen LogP contribution in [-0.2, 0) is 6.54 Å². The number of carbonyl (C=O) groups is 1. The van der Waals surface area contributed by atoms with Crippen molar-refractivity contribution in [2.75, 3.05) is 12.4 Å². The second-order valence-corrected chi connectivity index (χ2v) is 5.17. The summed E-state index contributed by atoms with van der Waals surface area (Å²) >= 11 is 1.47. The van der Waals surface area contributed by atoms with E-state index in [-0.39, 0.29) is 17.8 Å². The molecule has 0 saturated heterocycles. The summed E-state index contributed by atoms with van der Waals surface area (Å²) in [4.78, 5) is 16.0. The lowest BCUT2D eigenvalue weighted by atomic mass is 10.1. The number of thiazole rings is 1. The van der Waals surface area contributed by atoms with Crippen molar-refractivity contribution >= 4 is 22.9 Å². The molecule has 0 saturated carbocycles. The number of halogens is 2. The van der Waals surface area contributed by atoms with Gasteiger partial charge in [-0.05, 0) is 19.1 Å². The average molecular weight is 297 g/mol. The Bertz CT molecular complexity index is 619. The van der Waals surface area contributed by atoms with Crippen molar-refractivity contribution in [3.63, 3.8) is 0 Å². The van der Waals surface area contributed by atoms with Crippen molar-refractivity contribution in [1.29, 1.82) is 0 Å². The molecule has 0 aliphatic rings. The Kier molecular flexibility index (Phi) is 4.29. The van der Waals surface area contributed by atoms with Crippen molar-refractivity contribution in [2.45, 2.75) is 13.5 Å². The van der Waals surface area contributed by atoms with Crippen molar-refractivity contribution in [2.24, 2.45) is 0 Å². The normalized spacial score (nSPS) is 10.4. The lowest BCUT2D eigenvalue weighted by Crippen LogP contribution is -2.23. The first-order valence-corrected chi connectivity index (χ1v) is 6.75. The van der Waals surface area contributed by atoms with Gasteiger partial charge < -0.3 is 10.6 Å². The maximum atomic E-state index is 13.5. The monoisotopic (exact) mass is 297 g/mol. The maximum absolute atomic E-state index is 13.5. The largest absolute Gasteiger partial charge is 0.383 e. The van der Waals surface area contributed by atoms with Gasteiger partial charge in [0.05, 0.1) is 17.2 Å². The zero-order valence-electron chi connectivity index (χ0n) is 11.0. The molecule has 0 atom stereocenters. The zero-order chi connectivity index (χ0) is 14.7. The van der Waals surface area contributed by atoms with Gasteiger partial charge in [0.2, 0.25) is 0 Å². The lowest BCUT2D eigenvalue weighted by Gasteiger charge is -2.08. The number of aryl methyl sites for hydroxylation is 1. The van der Waals surface area contributed by atoms with Gasteiger partial charge in [-0.15, -0.1) is 11.3 Å². The highest BCUT2D eigenvalue weighted by Gasteiger charge is 2.14. The van der Waals surface area contributed by atoms with Gasteiger partial charge in [-0.2, -0.15) is 0 Å². The highest BCUT2D eigenvalue weighted by molar-refractivity contribution is 7.09. The van der Waals surface area contributed by atoms with Gasteiger partial charge in [-0.25, -0.2) is 13.8 Å². The number of nitrogens with one attached hydrogen (secondary N) is 2. The molecule has 0 aliphatic carbocycles. The summed E-state index contributed by atoms with van der Waals surface area (Å²) in [7, 11) is 1.41. The van der Waals surface area contributed by atoms with E-state index in [1.165, 1.54) is 18.4 Å². The summed E-state index contributed by atoms with van der Waals surface area (Å²) < 4.78 is 27.1. The summed E-state index contributed by atoms with van der Waals surface area (Å²) in [5, 5.41) is 7.69. The van der Waals surface area contributed by atoms with Crippen LogP contribution in [-0.4, -0.2) is 17.9 Å². The first-order chi connectivity index (χ1) is 9.51. The molecule has 0 spiro atoms. The Balaban J connectivity index is 2.09. The van der Waals surface area contributed by atoms with E-state index < -0.39 is 17.5 Å². The third kappa shape index (κ3) is 3.11. The second kappa shape index (κ2) is 5.96. The Hall–Kier alpha value is -2.02. The van der Waals surface area contributed by atoms with Gasteiger partial charge in [0, 0.05) is 18.0 Å². The highest BCUT2D eigenvalue weighted by atomic mass is 32.1. The number of carbonyl (C=O) groups excluding carboxylic acids is 1. The number of hydrogen-bond donors (Lipinski definition) is 2. The van der Waals surface area contributed by atoms with Gasteiger partial charge in [0.1, 0.15) is 17.3 Å². The van der Waals surface area contributed by atoms with E-state index in [1.54, 1.807) is 0 Å². The van der Waals surface area contributed by atoms with Crippen LogP contribution in [0.2, 0.25) is 0 Å². The number of aromatic nitrogens is 1. The minimum absolute atomic E-state index is 0.0639. The van der Waals surface area contributed by atoms with Crippen LogP contribution >= 0.6 is 11.3 Å². The SMILES string of the molecule is CNc1c(F)cc(C(=O)NCc2csc(C)n2)cc1F. The Labute approximate surface area is 118 Å². The summed E-state index contributed by atoms with van der Waals surface area (Å²) in [6.07, 6.45) is 0. The number of anilines is 1. The van der Waals surface area contributed by atoms with Crippen LogP contribution in [0.4, 0.5) is 14.5 Å². The van der Waals surface area contributed by atoms with Crippen LogP contribution in [0.15, 0.2) is 17.5 Å². The number of rotatable bonds is 4. The predicted octanol–water partition coefficient (Wildman–Crippen LogP) is 2.70. The number of nitrogens with zero attached hydrogens (tertiary/aromatic N) is 1. The van der Waals surface area contributed by atoms with E-state index >= 15 is 0 Å². The molecule has 7 heteroatoms. The van der Waals surface area contributed by atoms with E-state index in [9.17, 15) is 13.6 Å². The third-order valence-electron chi connectivity index (χ3n) is 2.65. The Morgan fingerprint density at radius 2 is 2.00 bits per heavy atom. The van der Waals surface area contributed by atoms with Gasteiger partial charge in [0.15, 0.2) is 0 Å². The molecule has 0 radical (unpaired) electrons. The van der Waals surface area contributed by atoms with Gasteiger partial charge >= 0.3 is 0 Å². The molecule has 1 amide bonds. The van der Waals surface area contributed by atoms with Gasteiger partial charge in [-0.1, -0.05) is 0 Å². The molecule has 20 heavy (non-hydrogen) atoms. The molecule has 2 rings (SSSR count). The standard InChI is InChI=1S/C13H13F2N3OS/c1-7-18-9(6-20-7)5-17-13(19)8-3-10(14)12(16-2)11(15)4-8/h3-4,6,16H,5H2,1-2H3,(H,17,19). The lowest BCUT2D eigenvalue weighted by molar-refractivity contribution is 0.0949. The van der Waals surface area contributed by atoms with Crippen molar-refractivity contribution in [3.8, 4) is 0 Å². The van der Waals surface area contributed by atoms with Crippen LogP contribution < -0.4 is 10.6 Å². The number of hydrogen-bond acceptors (Lipinski definition) is 4. The fourth-order valence-electron chi connectivity index (χ4n) is 1.71. The highest BCUT2D eigenvalue weighted by Crippen LogP contribution is 2.20. The summed E-state index contributed by atoms with van der Waals surface area (Å²) in [6, 6.07) is 1.99. The van der Waals surface area contributed by atoms with Crippen LogP contribution in [0, 0.1) is 18.6 Å². The number of benzene rings is 1. The van der Waals surface area contributed by atoms with E-state index in [4.69, 9.17) is 0 Å². The maximum Gasteiger partial charge on any atom is 0.251 e. The van der Waals surface area contributed by atoms with Crippen LogP contribution in [0.3, 0.4) is 0 Å². The minimum atomic E-state index is -0.804. The van der Waals surface area contributed by atoms with E-state index in [1.807, 2.05) is 12.3 Å². The molecule has 1 heterocycles. The molecular weight excluding hydrogens is 284 g/mol. The molecule has 0 aliphatic heterocycles. The number of amides is 1. The molecule has 1 aromatic carbocycles. The van der Waals surface area contributed by atoms with Crippen molar-refractivity contribution in [3.05, 3.63) is 45.4 Å². The molecule has 4 nitrogen and oxygen atoms in total. The quantitative estimate of drug-likeness (QED) is 0.912. The van der Waals surface area contributed by atoms with Crippen LogP contribution in [0.25, 0.3) is 0 Å². The summed E-state index contributed by atoms with van der Waals surface area (Å²) in [6.45, 7) is 2.08. The molecule has 0 unspecified atom stereocenters. The predicted molar refractivity (Wildman–Crippen MR) is 73.9 cm³/mol. The topological polar surface area (TPSA) is 54.0 Å². The Morgan fingerprint density at radius 3 is 2.50 bits per heavy atom. The molecule has 0 bridgehead atoms. The first-order valence-electron chi connectivity index (χ1n) is 5.87. The van der Waals surface area contributed by atoms with E-state index in [0.717, 1.165) is 17.1 Å². The summed E-state index contributed by atoms with van der Waals surface area (Å²) in [5.74, 6) is -2.15. The second-order valence-electron chi connectivity index (χ2n) is 4.11. The average Bonchev–Trinajstić information content (AvgIpc) is 2.81. The zero-order valence-corrected chi connectivity index (χ0v) is 11.8. The van der Waals surface area contributed by atoms with E-state index in [0.29, 0.717) is 5.69 Å². The van der Waals surface area contributed by atoms with Crippen molar-refractivity contribution in [1.82, 2.24) is 10.3 Å². The molecule has 2 aromatic rings. The molecule has 2 N–H and O–H groups in total. The molecular formula is C13H13F2N3OS. The minimum Gasteiger partial charge on any atom is -0.383 e. The first kappa shape index (κ1) is 14.4. The van der Waals surface area contributed by atoms with Crippen LogP contribution in [0.1, 0.15) is 21.1 Å². The Morgan fingerprint density at radius 1 is 1.35 bits per heavy atom. The molecule has 106 valence electrons. The van der Waals surface area contributed by atoms with Crippen LogP contribution in [0.5, 0.6) is 0 Å². The molecule has 1 aromatic heterocycles. The fraction of sp³-hybridized carbons (Fsp3) is 0.231. The van der Waals surface area contributed by atoms with E-state index in [2.05, 4.69) is 15.6 Å². The van der Waals surface area contributed by atoms with Gasteiger partial charge in [0.25, 0.3) is 5.91 Å². The third-order valence-corrected chi connectivity index (χ3v) is 3.47. The van der Waals surface area contributed by atoms with Gasteiger partial charge in [-0.3, -0.25) is 4.79 Å². The molecule has 0 fully saturated rings. The summed E-state index contributed by atoms with van der Waals surface area (Å²) in [5.41, 5.74) is 0.399. The smallest absolute Gasteiger partial charge is 0.251 e. The fourth-order valence-corrected chi connectivity index (χ4v) is 2.32. The van der Waals surface area contributed by atoms with Crippen molar-refractivity contribution < 1.29 is 13.6 Å².